The maximum absolute atomic E-state index is 12.6. The van der Waals surface area contributed by atoms with E-state index < -0.39 is 11.2 Å². The Bertz CT molecular complexity index is 1250. The molecule has 3 N–H and O–H groups in total. The smallest absolute Gasteiger partial charge is 0.262 e. The summed E-state index contributed by atoms with van der Waals surface area (Å²) in [5, 5.41) is 13.1. The van der Waals surface area contributed by atoms with Gasteiger partial charge in [-0.2, -0.15) is 5.10 Å². The Kier molecular flexibility index (Phi) is 5.88. The minimum absolute atomic E-state index is 0.252. The number of nitrogens with zero attached hydrogens (tertiary/aromatic N) is 5. The van der Waals surface area contributed by atoms with Crippen molar-refractivity contribution in [2.45, 2.75) is 33.8 Å². The number of aromatic amines is 1. The standard InChI is InChI=1S/C18H17N7O2S3/c1-9(2)28-18-24-23-16(30-18)12(13(19)26)29-17-21-14-11(15(27)22-17)8-20-25(14)10-6-4-3-5-7-10/h3-9,12H,1-2H3,(H2,19,26)(H,21,22,27). The third-order valence-electron chi connectivity index (χ3n) is 3.89. The van der Waals surface area contributed by atoms with Crippen molar-refractivity contribution < 1.29 is 4.79 Å². The molecule has 30 heavy (non-hydrogen) atoms. The summed E-state index contributed by atoms with van der Waals surface area (Å²) in [6, 6.07) is 9.36. The molecule has 154 valence electrons. The van der Waals surface area contributed by atoms with Crippen LogP contribution in [0.1, 0.15) is 24.1 Å². The fraction of sp³-hybridized carbons (Fsp3) is 0.222. The van der Waals surface area contributed by atoms with Crippen LogP contribution in [0.4, 0.5) is 0 Å². The van der Waals surface area contributed by atoms with Crippen molar-refractivity contribution in [2.24, 2.45) is 5.73 Å². The average molecular weight is 460 g/mol. The molecular weight excluding hydrogens is 442 g/mol. The molecule has 9 nitrogen and oxygen atoms in total. The summed E-state index contributed by atoms with van der Waals surface area (Å²) in [5.41, 5.74) is 6.43. The third kappa shape index (κ3) is 4.25. The van der Waals surface area contributed by atoms with Gasteiger partial charge < -0.3 is 10.7 Å². The van der Waals surface area contributed by atoms with Crippen LogP contribution in [0.2, 0.25) is 0 Å². The topological polar surface area (TPSA) is 132 Å². The van der Waals surface area contributed by atoms with E-state index in [4.69, 9.17) is 5.73 Å². The Morgan fingerprint density at radius 3 is 2.67 bits per heavy atom. The lowest BCUT2D eigenvalue weighted by atomic mass is 10.3. The number of nitrogens with one attached hydrogen (secondary N) is 1. The van der Waals surface area contributed by atoms with Crippen molar-refractivity contribution in [1.82, 2.24) is 29.9 Å². The molecule has 1 aromatic carbocycles. The van der Waals surface area contributed by atoms with E-state index in [1.165, 1.54) is 17.5 Å². The van der Waals surface area contributed by atoms with Crippen LogP contribution in [0.3, 0.4) is 0 Å². The third-order valence-corrected chi connectivity index (χ3v) is 7.22. The molecule has 0 saturated carbocycles. The van der Waals surface area contributed by atoms with Gasteiger partial charge in [-0.3, -0.25) is 9.59 Å². The SMILES string of the molecule is CC(C)Sc1nnc(C(Sc2nc3c(cnn3-c3ccccc3)c(=O)[nH]2)C(N)=O)s1. The maximum atomic E-state index is 12.6. The monoisotopic (exact) mass is 459 g/mol. The lowest BCUT2D eigenvalue weighted by molar-refractivity contribution is -0.117. The van der Waals surface area contributed by atoms with Crippen LogP contribution in [0.15, 0.2) is 50.8 Å². The van der Waals surface area contributed by atoms with E-state index in [1.807, 2.05) is 44.2 Å². The predicted octanol–water partition coefficient (Wildman–Crippen LogP) is 2.78. The number of nitrogens with two attached hydrogens (primary N) is 1. The molecule has 0 radical (unpaired) electrons. The van der Waals surface area contributed by atoms with Crippen molar-refractivity contribution in [3.63, 3.8) is 0 Å². The molecule has 0 aliphatic heterocycles. The molecule has 1 unspecified atom stereocenters. The zero-order valence-electron chi connectivity index (χ0n) is 16.0. The van der Waals surface area contributed by atoms with Gasteiger partial charge in [-0.05, 0) is 12.1 Å². The first-order valence-electron chi connectivity index (χ1n) is 8.92. The molecule has 0 spiro atoms. The zero-order chi connectivity index (χ0) is 21.3. The Labute approximate surface area is 183 Å². The van der Waals surface area contributed by atoms with E-state index in [0.717, 1.165) is 21.8 Å². The van der Waals surface area contributed by atoms with Crippen LogP contribution in [0.25, 0.3) is 16.7 Å². The van der Waals surface area contributed by atoms with E-state index in [-0.39, 0.29) is 10.7 Å². The minimum Gasteiger partial charge on any atom is -0.368 e. The summed E-state index contributed by atoms with van der Waals surface area (Å²) in [7, 11) is 0. The number of carbonyl (C=O) groups excluding carboxylic acids is 1. The zero-order valence-corrected chi connectivity index (χ0v) is 18.4. The largest absolute Gasteiger partial charge is 0.368 e. The summed E-state index contributed by atoms with van der Waals surface area (Å²) < 4.78 is 2.34. The summed E-state index contributed by atoms with van der Waals surface area (Å²) in [4.78, 5) is 31.9. The molecule has 0 aliphatic rings. The number of benzene rings is 1. The van der Waals surface area contributed by atoms with Crippen molar-refractivity contribution in [1.29, 1.82) is 0 Å². The maximum Gasteiger partial charge on any atom is 0.262 e. The van der Waals surface area contributed by atoms with Gasteiger partial charge >= 0.3 is 0 Å². The van der Waals surface area contributed by atoms with Crippen LogP contribution in [-0.2, 0) is 4.79 Å². The normalized spacial score (nSPS) is 12.5. The highest BCUT2D eigenvalue weighted by molar-refractivity contribution is 8.01. The first kappa shape index (κ1) is 20.6. The molecule has 3 heterocycles. The lowest BCUT2D eigenvalue weighted by Crippen LogP contribution is -2.20. The van der Waals surface area contributed by atoms with Gasteiger partial charge in [-0.1, -0.05) is 66.9 Å². The van der Waals surface area contributed by atoms with Gasteiger partial charge in [0.25, 0.3) is 5.56 Å². The number of aromatic nitrogens is 6. The van der Waals surface area contributed by atoms with Gasteiger partial charge in [0.2, 0.25) is 5.91 Å². The van der Waals surface area contributed by atoms with Crippen molar-refractivity contribution in [3.05, 3.63) is 51.9 Å². The van der Waals surface area contributed by atoms with Crippen LogP contribution in [0.5, 0.6) is 0 Å². The van der Waals surface area contributed by atoms with E-state index in [0.29, 0.717) is 21.3 Å². The van der Waals surface area contributed by atoms with Gasteiger partial charge in [0, 0.05) is 5.25 Å². The molecule has 4 aromatic rings. The van der Waals surface area contributed by atoms with Gasteiger partial charge in [-0.25, -0.2) is 9.67 Å². The van der Waals surface area contributed by atoms with Gasteiger partial charge in [0.15, 0.2) is 15.1 Å². The number of thioether (sulfide) groups is 2. The molecule has 1 atom stereocenters. The Morgan fingerprint density at radius 1 is 1.20 bits per heavy atom. The quantitative estimate of drug-likeness (QED) is 0.318. The number of amides is 1. The second kappa shape index (κ2) is 8.58. The Morgan fingerprint density at radius 2 is 1.97 bits per heavy atom. The number of carbonyl (C=O) groups is 1. The van der Waals surface area contributed by atoms with E-state index in [1.54, 1.807) is 16.4 Å². The number of para-hydroxylation sites is 1. The molecular formula is C18H17N7O2S3. The van der Waals surface area contributed by atoms with Crippen molar-refractivity contribution >= 4 is 51.8 Å². The van der Waals surface area contributed by atoms with Crippen LogP contribution >= 0.6 is 34.9 Å². The minimum atomic E-state index is -0.822. The number of rotatable bonds is 7. The fourth-order valence-electron chi connectivity index (χ4n) is 2.63. The van der Waals surface area contributed by atoms with E-state index in [2.05, 4.69) is 25.3 Å². The van der Waals surface area contributed by atoms with Gasteiger partial charge in [-0.15, -0.1) is 10.2 Å². The van der Waals surface area contributed by atoms with Gasteiger partial charge in [0.05, 0.1) is 11.9 Å². The van der Waals surface area contributed by atoms with Crippen molar-refractivity contribution in [3.8, 4) is 5.69 Å². The van der Waals surface area contributed by atoms with Gasteiger partial charge in [0.1, 0.15) is 15.6 Å². The van der Waals surface area contributed by atoms with Crippen LogP contribution in [0, 0.1) is 0 Å². The summed E-state index contributed by atoms with van der Waals surface area (Å²) >= 11 is 3.90. The fourth-order valence-corrected chi connectivity index (χ4v) is 5.78. The number of hydrogen-bond donors (Lipinski definition) is 2. The second-order valence-corrected chi connectivity index (χ2v) is 10.4. The highest BCUT2D eigenvalue weighted by Gasteiger charge is 2.26. The molecule has 1 amide bonds. The molecule has 12 heteroatoms. The van der Waals surface area contributed by atoms with E-state index in [9.17, 15) is 9.59 Å². The summed E-state index contributed by atoms with van der Waals surface area (Å²) in [5.74, 6) is -0.587. The summed E-state index contributed by atoms with van der Waals surface area (Å²) in [6.07, 6.45) is 1.47. The first-order valence-corrected chi connectivity index (χ1v) is 11.5. The first-order chi connectivity index (χ1) is 14.4. The predicted molar refractivity (Wildman–Crippen MR) is 118 cm³/mol. The summed E-state index contributed by atoms with van der Waals surface area (Å²) in [6.45, 7) is 4.09. The molecule has 4 rings (SSSR count). The molecule has 3 aromatic heterocycles. The lowest BCUT2D eigenvalue weighted by Gasteiger charge is -2.09. The van der Waals surface area contributed by atoms with Crippen LogP contribution in [-0.4, -0.2) is 41.1 Å². The number of fused-ring (bicyclic) bond motifs is 1. The molecule has 0 bridgehead atoms. The highest BCUT2D eigenvalue weighted by Crippen LogP contribution is 2.37. The molecule has 0 saturated heterocycles. The average Bonchev–Trinajstić information content (AvgIpc) is 3.33. The molecule has 0 fully saturated rings. The molecule has 0 aliphatic carbocycles. The van der Waals surface area contributed by atoms with Crippen molar-refractivity contribution in [2.75, 3.05) is 0 Å². The Balaban J connectivity index is 1.70. The number of primary amides is 1. The highest BCUT2D eigenvalue weighted by atomic mass is 32.2. The number of H-pyrrole nitrogens is 1. The number of hydrogen-bond acceptors (Lipinski definition) is 9. The second-order valence-electron chi connectivity index (χ2n) is 6.47. The van der Waals surface area contributed by atoms with E-state index >= 15 is 0 Å². The van der Waals surface area contributed by atoms with Crippen LogP contribution < -0.4 is 11.3 Å². The Hall–Kier alpha value is -2.70.